The summed E-state index contributed by atoms with van der Waals surface area (Å²) in [6.07, 6.45) is -0.470. The number of carbonyl (C=O) groups is 2. The van der Waals surface area contributed by atoms with E-state index < -0.39 is 11.7 Å². The van der Waals surface area contributed by atoms with Gasteiger partial charge < -0.3 is 20.1 Å². The van der Waals surface area contributed by atoms with Crippen molar-refractivity contribution in [3.05, 3.63) is 29.8 Å². The summed E-state index contributed by atoms with van der Waals surface area (Å²) in [6.45, 7) is 5.97. The van der Waals surface area contributed by atoms with Crippen LogP contribution in [0.5, 0.6) is 5.75 Å². The van der Waals surface area contributed by atoms with Gasteiger partial charge in [-0.05, 0) is 50.7 Å². The summed E-state index contributed by atoms with van der Waals surface area (Å²) in [5, 5.41) is 5.76. The minimum atomic E-state index is -0.574. The molecule has 0 spiro atoms. The predicted molar refractivity (Wildman–Crippen MR) is 103 cm³/mol. The van der Waals surface area contributed by atoms with Crippen molar-refractivity contribution in [2.45, 2.75) is 39.3 Å². The molecule has 0 fully saturated rings. The lowest BCUT2D eigenvalue weighted by molar-refractivity contribution is -0.121. The first kappa shape index (κ1) is 21.5. The van der Waals surface area contributed by atoms with Gasteiger partial charge in [0.25, 0.3) is 0 Å². The Bertz CT molecular complexity index is 614. The van der Waals surface area contributed by atoms with E-state index in [2.05, 4.69) is 21.5 Å². The first-order chi connectivity index (χ1) is 12.2. The fraction of sp³-hybridized carbons (Fsp3) is 0.471. The van der Waals surface area contributed by atoms with Crippen LogP contribution < -0.4 is 26.2 Å². The van der Waals surface area contributed by atoms with E-state index in [0.717, 1.165) is 11.3 Å². The van der Waals surface area contributed by atoms with Gasteiger partial charge in [-0.25, -0.2) is 4.79 Å². The van der Waals surface area contributed by atoms with E-state index in [9.17, 15) is 9.59 Å². The van der Waals surface area contributed by atoms with Crippen molar-refractivity contribution in [1.29, 1.82) is 0 Å². The van der Waals surface area contributed by atoms with Gasteiger partial charge in [0.05, 0.1) is 7.11 Å². The number of hydrazine groups is 1. The van der Waals surface area contributed by atoms with Crippen LogP contribution in [0.3, 0.4) is 0 Å². The number of carbonyl (C=O) groups excluding carboxylic acids is 2. The van der Waals surface area contributed by atoms with Crippen LogP contribution in [0.4, 0.5) is 4.79 Å². The summed E-state index contributed by atoms with van der Waals surface area (Å²) >= 11 is 5.08. The van der Waals surface area contributed by atoms with Crippen LogP contribution in [0, 0.1) is 0 Å². The molecular weight excluding hydrogens is 356 g/mol. The van der Waals surface area contributed by atoms with Crippen molar-refractivity contribution < 1.29 is 19.1 Å². The SMILES string of the molecule is COc1ccc(CNC(=S)NNC(=O)CCNC(=O)OC(C)(C)C)cc1. The lowest BCUT2D eigenvalue weighted by atomic mass is 10.2. The molecule has 4 N–H and O–H groups in total. The molecule has 0 aliphatic carbocycles. The Labute approximate surface area is 159 Å². The molecule has 26 heavy (non-hydrogen) atoms. The largest absolute Gasteiger partial charge is 0.497 e. The quantitative estimate of drug-likeness (QED) is 0.438. The second-order valence-electron chi connectivity index (χ2n) is 6.38. The smallest absolute Gasteiger partial charge is 0.407 e. The van der Waals surface area contributed by atoms with Crippen molar-refractivity contribution in [3.8, 4) is 5.75 Å². The molecule has 0 saturated carbocycles. The van der Waals surface area contributed by atoms with Crippen LogP contribution in [0.2, 0.25) is 0 Å². The second-order valence-corrected chi connectivity index (χ2v) is 6.79. The van der Waals surface area contributed by atoms with Gasteiger partial charge >= 0.3 is 6.09 Å². The number of amides is 2. The molecule has 0 atom stereocenters. The number of ether oxygens (including phenoxy) is 2. The number of thiocarbonyl (C=S) groups is 1. The van der Waals surface area contributed by atoms with Crippen molar-refractivity contribution in [1.82, 2.24) is 21.5 Å². The molecule has 1 aromatic carbocycles. The molecule has 0 heterocycles. The van der Waals surface area contributed by atoms with E-state index in [0.29, 0.717) is 6.54 Å². The van der Waals surface area contributed by atoms with Crippen LogP contribution in [0.1, 0.15) is 32.8 Å². The maximum absolute atomic E-state index is 11.7. The van der Waals surface area contributed by atoms with Crippen LogP contribution in [-0.4, -0.2) is 36.4 Å². The molecular formula is C17H26N4O4S. The van der Waals surface area contributed by atoms with Crippen LogP contribution >= 0.6 is 12.2 Å². The van der Waals surface area contributed by atoms with Gasteiger partial charge in [0.1, 0.15) is 11.4 Å². The molecule has 8 nitrogen and oxygen atoms in total. The summed E-state index contributed by atoms with van der Waals surface area (Å²) in [4.78, 5) is 23.1. The van der Waals surface area contributed by atoms with Gasteiger partial charge in [-0.1, -0.05) is 12.1 Å². The zero-order chi connectivity index (χ0) is 19.6. The molecule has 0 unspecified atom stereocenters. The monoisotopic (exact) mass is 382 g/mol. The van der Waals surface area contributed by atoms with Crippen LogP contribution in [-0.2, 0) is 16.1 Å². The van der Waals surface area contributed by atoms with Crippen LogP contribution in [0.25, 0.3) is 0 Å². The maximum atomic E-state index is 11.7. The third kappa shape index (κ3) is 9.67. The van der Waals surface area contributed by atoms with Crippen molar-refractivity contribution in [2.75, 3.05) is 13.7 Å². The predicted octanol–water partition coefficient (Wildman–Crippen LogP) is 1.61. The van der Waals surface area contributed by atoms with Gasteiger partial charge in [-0.15, -0.1) is 0 Å². The van der Waals surface area contributed by atoms with Crippen LogP contribution in [0.15, 0.2) is 24.3 Å². The summed E-state index contributed by atoms with van der Waals surface area (Å²) in [7, 11) is 1.61. The second kappa shape index (κ2) is 10.4. The molecule has 144 valence electrons. The molecule has 0 aliphatic heterocycles. The molecule has 0 aliphatic rings. The summed E-state index contributed by atoms with van der Waals surface area (Å²) in [5.74, 6) is 0.469. The van der Waals surface area contributed by atoms with Gasteiger partial charge in [0.2, 0.25) is 5.91 Å². The van der Waals surface area contributed by atoms with Crippen molar-refractivity contribution in [2.24, 2.45) is 0 Å². The zero-order valence-corrected chi connectivity index (χ0v) is 16.3. The normalized spacial score (nSPS) is 10.5. The topological polar surface area (TPSA) is 101 Å². The highest BCUT2D eigenvalue weighted by atomic mass is 32.1. The minimum Gasteiger partial charge on any atom is -0.497 e. The fourth-order valence-corrected chi connectivity index (χ4v) is 1.87. The average molecular weight is 382 g/mol. The Morgan fingerprint density at radius 2 is 1.73 bits per heavy atom. The van der Waals surface area contributed by atoms with Gasteiger partial charge in [0.15, 0.2) is 5.11 Å². The number of rotatable bonds is 6. The summed E-state index contributed by atoms with van der Waals surface area (Å²) in [6, 6.07) is 7.53. The lowest BCUT2D eigenvalue weighted by Gasteiger charge is -2.19. The molecule has 2 amide bonds. The molecule has 0 saturated heterocycles. The standard InChI is InChI=1S/C17H26N4O4S/c1-17(2,3)25-16(23)18-10-9-14(22)20-21-15(26)19-11-12-5-7-13(24-4)8-6-12/h5-8H,9-11H2,1-4H3,(H,18,23)(H,20,22)(H2,19,21,26). The lowest BCUT2D eigenvalue weighted by Crippen LogP contribution is -2.47. The fourth-order valence-electron chi connectivity index (χ4n) is 1.75. The first-order valence-electron chi connectivity index (χ1n) is 8.12. The molecule has 1 rings (SSSR count). The molecule has 0 aromatic heterocycles. The number of benzene rings is 1. The molecule has 1 aromatic rings. The Morgan fingerprint density at radius 3 is 2.31 bits per heavy atom. The maximum Gasteiger partial charge on any atom is 0.407 e. The number of hydrogen-bond acceptors (Lipinski definition) is 5. The number of alkyl carbamates (subject to hydrolysis) is 1. The van der Waals surface area contributed by atoms with Gasteiger partial charge in [0, 0.05) is 19.5 Å². The number of hydrogen-bond donors (Lipinski definition) is 4. The zero-order valence-electron chi connectivity index (χ0n) is 15.5. The summed E-state index contributed by atoms with van der Waals surface area (Å²) in [5.41, 5.74) is 5.50. The Balaban J connectivity index is 2.17. The van der Waals surface area contributed by atoms with E-state index in [1.807, 2.05) is 24.3 Å². The highest BCUT2D eigenvalue weighted by molar-refractivity contribution is 7.80. The summed E-state index contributed by atoms with van der Waals surface area (Å²) < 4.78 is 10.2. The van der Waals surface area contributed by atoms with E-state index in [1.165, 1.54) is 0 Å². The third-order valence-corrected chi connectivity index (χ3v) is 3.19. The molecule has 9 heteroatoms. The minimum absolute atomic E-state index is 0.0906. The number of methoxy groups -OCH3 is 1. The van der Waals surface area contributed by atoms with Crippen molar-refractivity contribution in [3.63, 3.8) is 0 Å². The highest BCUT2D eigenvalue weighted by Gasteiger charge is 2.15. The molecule has 0 bridgehead atoms. The first-order valence-corrected chi connectivity index (χ1v) is 8.53. The average Bonchev–Trinajstić information content (AvgIpc) is 2.57. The van der Waals surface area contributed by atoms with E-state index >= 15 is 0 Å². The Kier molecular flexibility index (Phi) is 8.63. The Morgan fingerprint density at radius 1 is 1.08 bits per heavy atom. The Hall–Kier alpha value is -2.55. The van der Waals surface area contributed by atoms with Gasteiger partial charge in [-0.2, -0.15) is 0 Å². The van der Waals surface area contributed by atoms with E-state index in [4.69, 9.17) is 21.7 Å². The van der Waals surface area contributed by atoms with Gasteiger partial charge in [-0.3, -0.25) is 15.6 Å². The highest BCUT2D eigenvalue weighted by Crippen LogP contribution is 2.10. The van der Waals surface area contributed by atoms with Crippen molar-refractivity contribution >= 4 is 29.3 Å². The third-order valence-electron chi connectivity index (χ3n) is 2.95. The number of nitrogens with one attached hydrogen (secondary N) is 4. The molecule has 0 radical (unpaired) electrons. The van der Waals surface area contributed by atoms with E-state index in [-0.39, 0.29) is 24.0 Å². The van der Waals surface area contributed by atoms with E-state index in [1.54, 1.807) is 27.9 Å².